The van der Waals surface area contributed by atoms with Crippen LogP contribution >= 0.6 is 21.6 Å². The zero-order chi connectivity index (χ0) is 20.1. The Balaban J connectivity index is 1.73. The molecule has 4 fully saturated rings. The average molecular weight is 418 g/mol. The van der Waals surface area contributed by atoms with Gasteiger partial charge in [-0.05, 0) is 37.1 Å². The number of fused-ring (bicyclic) bond motifs is 3. The van der Waals surface area contributed by atoms with Gasteiger partial charge in [0.1, 0.15) is 6.04 Å². The summed E-state index contributed by atoms with van der Waals surface area (Å²) in [4.78, 5) is 32.1. The highest BCUT2D eigenvalue weighted by atomic mass is 33.1. The molecule has 4 atom stereocenters. The van der Waals surface area contributed by atoms with Gasteiger partial charge in [-0.15, -0.1) is 0 Å². The smallest absolute Gasteiger partial charge is 0.262 e. The van der Waals surface area contributed by atoms with Crippen molar-refractivity contribution in [3.63, 3.8) is 0 Å². The van der Waals surface area contributed by atoms with Gasteiger partial charge in [0.25, 0.3) is 17.4 Å². The average Bonchev–Trinajstić information content (AvgIpc) is 3.24. The van der Waals surface area contributed by atoms with E-state index in [1.54, 1.807) is 23.8 Å². The normalized spacial score (nSPS) is 38.0. The fourth-order valence-corrected chi connectivity index (χ4v) is 8.34. The highest BCUT2D eigenvalue weighted by Gasteiger charge is 2.77. The lowest BCUT2D eigenvalue weighted by Gasteiger charge is -2.57. The van der Waals surface area contributed by atoms with Gasteiger partial charge in [0, 0.05) is 14.0 Å². The second-order valence-corrected chi connectivity index (χ2v) is 10.9. The molecular formula is C19H19N3O4S2. The van der Waals surface area contributed by atoms with Gasteiger partial charge >= 0.3 is 0 Å². The molecule has 0 radical (unpaired) electrons. The lowest BCUT2D eigenvalue weighted by molar-refractivity contribution is -0.164. The zero-order valence-corrected chi connectivity index (χ0v) is 17.6. The molecule has 0 aromatic heterocycles. The monoisotopic (exact) mass is 417 g/mol. The highest BCUT2D eigenvalue weighted by molar-refractivity contribution is 8.78. The third kappa shape index (κ3) is 1.88. The number of likely N-dealkylation sites (N-methyl/N-ethyl adjacent to an activating group) is 1. The first-order valence-electron chi connectivity index (χ1n) is 8.95. The number of ether oxygens (including phenoxy) is 2. The van der Waals surface area contributed by atoms with E-state index in [2.05, 4.69) is 4.85 Å². The number of hydrogen-bond donors (Lipinski definition) is 0. The molecule has 7 nitrogen and oxygen atoms in total. The molecular weight excluding hydrogens is 398 g/mol. The molecule has 146 valence electrons. The number of hydrogen-bond acceptors (Lipinski definition) is 6. The molecule has 5 aliphatic heterocycles. The molecule has 0 N–H and O–H groups in total. The first-order valence-corrected chi connectivity index (χ1v) is 11.1. The molecule has 9 heteroatoms. The molecule has 4 saturated heterocycles. The maximum Gasteiger partial charge on any atom is 0.262 e. The number of carbonyl (C=O) groups excluding carboxylic acids is 2. The lowest BCUT2D eigenvalue weighted by atomic mass is 9.86. The number of rotatable bonds is 1. The largest absolute Gasteiger partial charge is 0.454 e. The molecule has 5 aliphatic rings. The Hall–Kier alpha value is -2.05. The van der Waals surface area contributed by atoms with Gasteiger partial charge < -0.3 is 24.1 Å². The predicted octanol–water partition coefficient (Wildman–Crippen LogP) is 2.95. The first-order chi connectivity index (χ1) is 13.2. The van der Waals surface area contributed by atoms with E-state index in [9.17, 15) is 9.59 Å². The molecule has 1 spiro atoms. The summed E-state index contributed by atoms with van der Waals surface area (Å²) in [5.74, 6) is 1.09. The van der Waals surface area contributed by atoms with Gasteiger partial charge in [0.2, 0.25) is 6.79 Å². The summed E-state index contributed by atoms with van der Waals surface area (Å²) in [5.41, 5.74) is 0.780. The summed E-state index contributed by atoms with van der Waals surface area (Å²) < 4.78 is 11.1. The maximum absolute atomic E-state index is 13.6. The van der Waals surface area contributed by atoms with Crippen LogP contribution in [-0.2, 0) is 9.59 Å². The number of piperazine rings is 1. The van der Waals surface area contributed by atoms with Gasteiger partial charge in [0.15, 0.2) is 21.2 Å². The number of benzene rings is 1. The quantitative estimate of drug-likeness (QED) is 0.517. The minimum Gasteiger partial charge on any atom is -0.454 e. The van der Waals surface area contributed by atoms with Gasteiger partial charge in [-0.2, -0.15) is 0 Å². The van der Waals surface area contributed by atoms with Crippen molar-refractivity contribution in [2.45, 2.75) is 48.5 Å². The second kappa shape index (κ2) is 5.30. The van der Waals surface area contributed by atoms with Crippen molar-refractivity contribution in [2.75, 3.05) is 13.8 Å². The molecule has 2 amide bonds. The van der Waals surface area contributed by atoms with Gasteiger partial charge in [0.05, 0.1) is 6.42 Å². The maximum atomic E-state index is 13.6. The summed E-state index contributed by atoms with van der Waals surface area (Å²) >= 11 is 0. The Morgan fingerprint density at radius 3 is 2.68 bits per heavy atom. The molecule has 1 aromatic rings. The number of aryl methyl sites for hydroxylation is 1. The van der Waals surface area contributed by atoms with E-state index in [1.807, 2.05) is 26.0 Å². The Kier molecular flexibility index (Phi) is 3.41. The summed E-state index contributed by atoms with van der Waals surface area (Å²) in [5, 5.41) is 0. The topological polar surface area (TPSA) is 63.4 Å². The van der Waals surface area contributed by atoms with Crippen molar-refractivity contribution in [3.8, 4) is 11.5 Å². The first kappa shape index (κ1) is 18.0. The van der Waals surface area contributed by atoms with E-state index in [-0.39, 0.29) is 18.6 Å². The van der Waals surface area contributed by atoms with Gasteiger partial charge in [-0.1, -0.05) is 21.6 Å². The third-order valence-electron chi connectivity index (χ3n) is 6.32. The Labute approximate surface area is 170 Å². The molecule has 1 aromatic carbocycles. The van der Waals surface area contributed by atoms with Crippen LogP contribution in [0.2, 0.25) is 0 Å². The van der Waals surface area contributed by atoms with E-state index in [0.29, 0.717) is 17.9 Å². The molecule has 1 unspecified atom stereocenters. The second-order valence-electron chi connectivity index (χ2n) is 8.09. The van der Waals surface area contributed by atoms with E-state index in [4.69, 9.17) is 16.0 Å². The van der Waals surface area contributed by atoms with Crippen LogP contribution in [0, 0.1) is 13.5 Å². The molecule has 2 bridgehead atoms. The van der Waals surface area contributed by atoms with Gasteiger partial charge in [-0.25, -0.2) is 6.57 Å². The Morgan fingerprint density at radius 1 is 1.21 bits per heavy atom. The molecule has 0 aliphatic carbocycles. The molecule has 0 saturated carbocycles. The Bertz CT molecular complexity index is 994. The summed E-state index contributed by atoms with van der Waals surface area (Å²) in [6, 6.07) is 3.27. The minimum atomic E-state index is -1.05. The van der Waals surface area contributed by atoms with Gasteiger partial charge in [-0.3, -0.25) is 9.59 Å². The van der Waals surface area contributed by atoms with Crippen LogP contribution in [0.4, 0.5) is 0 Å². The standard InChI is InChI=1S/C19H19N3O4S2/c1-10-6-11(7-12-13(10)26-9-25-12)14-17(2,20-4)8-19-16(24)21(5)18(3,27-28-19)15(23)22(14)19/h6-7,14H,8-9H2,1-3,5H3/t14-,17+,18?,19+/m1/s1. The Morgan fingerprint density at radius 2 is 1.96 bits per heavy atom. The van der Waals surface area contributed by atoms with Crippen molar-refractivity contribution in [2.24, 2.45) is 0 Å². The van der Waals surface area contributed by atoms with Crippen LogP contribution in [-0.4, -0.2) is 50.7 Å². The third-order valence-corrected chi connectivity index (χ3v) is 10.0. The van der Waals surface area contributed by atoms with Crippen LogP contribution in [0.3, 0.4) is 0 Å². The van der Waals surface area contributed by atoms with E-state index in [0.717, 1.165) is 11.1 Å². The van der Waals surface area contributed by atoms with Crippen LogP contribution in [0.5, 0.6) is 11.5 Å². The number of nitrogens with zero attached hydrogens (tertiary/aromatic N) is 3. The number of amides is 2. The van der Waals surface area contributed by atoms with Crippen LogP contribution in [0.15, 0.2) is 12.1 Å². The SMILES string of the molecule is [C-]#[N+][C@@]1(C)C[C@@]23SSC(C)(C(=O)N2[C@@H]1c1cc(C)c2c(c1)OCO2)N(C)C3=O. The fourth-order valence-electron chi connectivity index (χ4n) is 4.76. The molecule has 5 heterocycles. The summed E-state index contributed by atoms with van der Waals surface area (Å²) in [7, 11) is 4.52. The fraction of sp³-hybridized carbons (Fsp3) is 0.526. The number of carbonyl (C=O) groups is 2. The van der Waals surface area contributed by atoms with Crippen molar-refractivity contribution in [3.05, 3.63) is 34.7 Å². The van der Waals surface area contributed by atoms with Crippen LogP contribution < -0.4 is 9.47 Å². The summed E-state index contributed by atoms with van der Waals surface area (Å²) in [6.45, 7) is 13.6. The van der Waals surface area contributed by atoms with E-state index < -0.39 is 21.3 Å². The zero-order valence-electron chi connectivity index (χ0n) is 15.9. The van der Waals surface area contributed by atoms with Crippen molar-refractivity contribution in [1.29, 1.82) is 0 Å². The van der Waals surface area contributed by atoms with E-state index in [1.165, 1.54) is 21.6 Å². The van der Waals surface area contributed by atoms with Crippen LogP contribution in [0.25, 0.3) is 4.85 Å². The van der Waals surface area contributed by atoms with Crippen molar-refractivity contribution < 1.29 is 19.1 Å². The summed E-state index contributed by atoms with van der Waals surface area (Å²) in [6.07, 6.45) is 0.296. The molecule has 28 heavy (non-hydrogen) atoms. The van der Waals surface area contributed by atoms with Crippen molar-refractivity contribution in [1.82, 2.24) is 9.80 Å². The molecule has 6 rings (SSSR count). The minimum absolute atomic E-state index is 0.104. The van der Waals surface area contributed by atoms with Crippen LogP contribution in [0.1, 0.15) is 37.4 Å². The highest BCUT2D eigenvalue weighted by Crippen LogP contribution is 2.68. The predicted molar refractivity (Wildman–Crippen MR) is 106 cm³/mol. The van der Waals surface area contributed by atoms with Crippen molar-refractivity contribution >= 4 is 33.4 Å². The lowest BCUT2D eigenvalue weighted by Crippen LogP contribution is -2.73. The van der Waals surface area contributed by atoms with E-state index >= 15 is 0 Å².